The van der Waals surface area contributed by atoms with Crippen LogP contribution in [0.5, 0.6) is 11.5 Å². The second-order valence-corrected chi connectivity index (χ2v) is 7.99. The molecular weight excluding hydrogens is 402 g/mol. The van der Waals surface area contributed by atoms with Crippen molar-refractivity contribution in [3.63, 3.8) is 0 Å². The first-order valence-corrected chi connectivity index (χ1v) is 10.7. The molecule has 0 saturated carbocycles. The molecule has 152 valence electrons. The minimum absolute atomic E-state index is 0.554. The summed E-state index contributed by atoms with van der Waals surface area (Å²) < 4.78 is 5.85. The number of allylic oxidation sites excluding steroid dienone is 1. The molecule has 0 saturated heterocycles. The van der Waals surface area contributed by atoms with E-state index in [9.17, 15) is 5.26 Å². The van der Waals surface area contributed by atoms with Crippen LogP contribution in [0, 0.1) is 11.3 Å². The Balaban J connectivity index is 1.52. The van der Waals surface area contributed by atoms with Crippen molar-refractivity contribution in [2.24, 2.45) is 0 Å². The van der Waals surface area contributed by atoms with Crippen LogP contribution < -0.4 is 9.64 Å². The van der Waals surface area contributed by atoms with Crippen molar-refractivity contribution < 1.29 is 4.74 Å². The van der Waals surface area contributed by atoms with Gasteiger partial charge in [-0.05, 0) is 60.2 Å². The molecule has 0 fully saturated rings. The van der Waals surface area contributed by atoms with E-state index in [1.165, 1.54) is 11.3 Å². The van der Waals surface area contributed by atoms with Crippen molar-refractivity contribution in [1.29, 1.82) is 5.26 Å². The van der Waals surface area contributed by atoms with Crippen molar-refractivity contribution in [2.75, 3.05) is 19.0 Å². The molecule has 0 spiro atoms. The Morgan fingerprint density at radius 1 is 0.935 bits per heavy atom. The molecule has 3 aromatic carbocycles. The summed E-state index contributed by atoms with van der Waals surface area (Å²) in [7, 11) is 4.01. The highest BCUT2D eigenvalue weighted by atomic mass is 32.1. The number of aromatic nitrogens is 1. The van der Waals surface area contributed by atoms with Gasteiger partial charge < -0.3 is 9.64 Å². The fraction of sp³-hybridized carbons (Fsp3) is 0.0769. The van der Waals surface area contributed by atoms with E-state index < -0.39 is 0 Å². The van der Waals surface area contributed by atoms with Gasteiger partial charge in [0.15, 0.2) is 0 Å². The van der Waals surface area contributed by atoms with E-state index in [4.69, 9.17) is 4.74 Å². The van der Waals surface area contributed by atoms with Gasteiger partial charge in [0, 0.05) is 30.7 Å². The van der Waals surface area contributed by atoms with Crippen LogP contribution in [-0.4, -0.2) is 19.1 Å². The van der Waals surface area contributed by atoms with Crippen molar-refractivity contribution in [3.05, 3.63) is 94.8 Å². The number of hydrogen-bond acceptors (Lipinski definition) is 5. The van der Waals surface area contributed by atoms with Crippen LogP contribution in [0.2, 0.25) is 0 Å². The SMILES string of the molecule is CN(C)c1ccc(/C=C(\C#N)c2nc(-c3ccc(Oc4ccccc4)cc3)cs2)cc1. The molecule has 1 heterocycles. The molecule has 0 aliphatic rings. The number of benzene rings is 3. The number of para-hydroxylation sites is 1. The summed E-state index contributed by atoms with van der Waals surface area (Å²) in [5.41, 5.74) is 4.47. The second kappa shape index (κ2) is 9.29. The van der Waals surface area contributed by atoms with Gasteiger partial charge in [-0.1, -0.05) is 30.3 Å². The third-order valence-electron chi connectivity index (χ3n) is 4.70. The van der Waals surface area contributed by atoms with Crippen molar-refractivity contribution in [3.8, 4) is 28.8 Å². The first-order valence-electron chi connectivity index (χ1n) is 9.81. The van der Waals surface area contributed by atoms with Gasteiger partial charge in [-0.2, -0.15) is 5.26 Å². The van der Waals surface area contributed by atoms with Crippen LogP contribution >= 0.6 is 11.3 Å². The van der Waals surface area contributed by atoms with E-state index >= 15 is 0 Å². The highest BCUT2D eigenvalue weighted by Crippen LogP contribution is 2.29. The molecule has 0 N–H and O–H groups in total. The Kier molecular flexibility index (Phi) is 6.11. The van der Waals surface area contributed by atoms with E-state index in [1.807, 2.05) is 109 Å². The topological polar surface area (TPSA) is 49.2 Å². The zero-order chi connectivity index (χ0) is 21.6. The lowest BCUT2D eigenvalue weighted by molar-refractivity contribution is 0.483. The highest BCUT2D eigenvalue weighted by Gasteiger charge is 2.10. The molecule has 5 heteroatoms. The summed E-state index contributed by atoms with van der Waals surface area (Å²) >= 11 is 1.47. The summed E-state index contributed by atoms with van der Waals surface area (Å²) in [6, 6.07) is 27.9. The van der Waals surface area contributed by atoms with Gasteiger partial charge in [-0.25, -0.2) is 4.98 Å². The summed E-state index contributed by atoms with van der Waals surface area (Å²) in [6.07, 6.45) is 1.87. The molecule has 31 heavy (non-hydrogen) atoms. The maximum atomic E-state index is 9.66. The van der Waals surface area contributed by atoms with Crippen LogP contribution in [0.25, 0.3) is 22.9 Å². The lowest BCUT2D eigenvalue weighted by Gasteiger charge is -2.11. The molecule has 0 atom stereocenters. The molecule has 4 nitrogen and oxygen atoms in total. The first kappa shape index (κ1) is 20.4. The van der Waals surface area contributed by atoms with E-state index in [-0.39, 0.29) is 0 Å². The Bertz CT molecular complexity index is 1220. The number of anilines is 1. The van der Waals surface area contributed by atoms with Crippen molar-refractivity contribution >= 4 is 28.7 Å². The number of ether oxygens (including phenoxy) is 1. The number of nitrogens with zero attached hydrogens (tertiary/aromatic N) is 3. The lowest BCUT2D eigenvalue weighted by Crippen LogP contribution is -2.07. The number of nitriles is 1. The zero-order valence-electron chi connectivity index (χ0n) is 17.3. The Morgan fingerprint density at radius 3 is 2.26 bits per heavy atom. The Labute approximate surface area is 186 Å². The predicted molar refractivity (Wildman–Crippen MR) is 128 cm³/mol. The van der Waals surface area contributed by atoms with Gasteiger partial charge in [0.25, 0.3) is 0 Å². The predicted octanol–water partition coefficient (Wildman–Crippen LogP) is 6.73. The summed E-state index contributed by atoms with van der Waals surface area (Å²) in [6.45, 7) is 0. The molecule has 0 radical (unpaired) electrons. The van der Waals surface area contributed by atoms with Gasteiger partial charge in [0.05, 0.1) is 11.3 Å². The van der Waals surface area contributed by atoms with Gasteiger partial charge in [-0.3, -0.25) is 0 Å². The van der Waals surface area contributed by atoms with Crippen LogP contribution in [0.4, 0.5) is 5.69 Å². The van der Waals surface area contributed by atoms with E-state index in [1.54, 1.807) is 0 Å². The average Bonchev–Trinajstić information content (AvgIpc) is 3.29. The fourth-order valence-electron chi connectivity index (χ4n) is 3.03. The third-order valence-corrected chi connectivity index (χ3v) is 5.58. The Morgan fingerprint density at radius 2 is 1.61 bits per heavy atom. The van der Waals surface area contributed by atoms with E-state index in [2.05, 4.69) is 11.1 Å². The number of hydrogen-bond donors (Lipinski definition) is 0. The van der Waals surface area contributed by atoms with Gasteiger partial charge >= 0.3 is 0 Å². The third kappa shape index (κ3) is 5.00. The molecule has 0 unspecified atom stereocenters. The summed E-state index contributed by atoms with van der Waals surface area (Å²) in [4.78, 5) is 6.73. The van der Waals surface area contributed by atoms with E-state index in [0.29, 0.717) is 10.6 Å². The molecule has 4 aromatic rings. The van der Waals surface area contributed by atoms with E-state index in [0.717, 1.165) is 34.0 Å². The van der Waals surface area contributed by atoms with Gasteiger partial charge in [-0.15, -0.1) is 11.3 Å². The quantitative estimate of drug-likeness (QED) is 0.323. The van der Waals surface area contributed by atoms with Gasteiger partial charge in [0.2, 0.25) is 0 Å². The molecule has 0 aliphatic carbocycles. The largest absolute Gasteiger partial charge is 0.457 e. The van der Waals surface area contributed by atoms with Crippen molar-refractivity contribution in [2.45, 2.75) is 0 Å². The zero-order valence-corrected chi connectivity index (χ0v) is 18.1. The molecule has 0 aliphatic heterocycles. The van der Waals surface area contributed by atoms with Crippen LogP contribution in [0.1, 0.15) is 10.6 Å². The average molecular weight is 424 g/mol. The number of rotatable bonds is 6. The highest BCUT2D eigenvalue weighted by molar-refractivity contribution is 7.11. The van der Waals surface area contributed by atoms with Crippen LogP contribution in [0.15, 0.2) is 84.2 Å². The maximum absolute atomic E-state index is 9.66. The molecule has 0 amide bonds. The molecule has 1 aromatic heterocycles. The smallest absolute Gasteiger partial charge is 0.134 e. The van der Waals surface area contributed by atoms with Gasteiger partial charge in [0.1, 0.15) is 22.6 Å². The molecule has 0 bridgehead atoms. The molecule has 4 rings (SSSR count). The minimum Gasteiger partial charge on any atom is -0.457 e. The van der Waals surface area contributed by atoms with Crippen molar-refractivity contribution in [1.82, 2.24) is 4.98 Å². The minimum atomic E-state index is 0.554. The first-order chi connectivity index (χ1) is 15.1. The lowest BCUT2D eigenvalue weighted by atomic mass is 10.1. The normalized spacial score (nSPS) is 11.1. The maximum Gasteiger partial charge on any atom is 0.134 e. The number of thiazole rings is 1. The molecular formula is C26H21N3OS. The standard InChI is InChI=1S/C26H21N3OS/c1-29(2)22-12-8-19(9-13-22)16-21(17-27)26-28-25(18-31-26)20-10-14-24(15-11-20)30-23-6-4-3-5-7-23/h3-16,18H,1-2H3/b21-16+. The summed E-state index contributed by atoms with van der Waals surface area (Å²) in [5.74, 6) is 1.57. The van der Waals surface area contributed by atoms with Crippen LogP contribution in [0.3, 0.4) is 0 Å². The monoisotopic (exact) mass is 423 g/mol. The van der Waals surface area contributed by atoms with Crippen LogP contribution in [-0.2, 0) is 0 Å². The second-order valence-electron chi connectivity index (χ2n) is 7.13. The summed E-state index contributed by atoms with van der Waals surface area (Å²) in [5, 5.41) is 12.3. The fourth-order valence-corrected chi connectivity index (χ4v) is 3.82. The Hall–Kier alpha value is -3.88.